The molecular weight excluding hydrogens is 226 g/mol. The number of hydrogen-bond donors (Lipinski definition) is 1. The monoisotopic (exact) mass is 235 g/mol. The number of carboxylic acid groups (broad SMARTS) is 1. The number of carboxylic acids is 1. The fraction of sp³-hybridized carbons (Fsp3) is 0.750. The summed E-state index contributed by atoms with van der Waals surface area (Å²) in [6.07, 6.45) is 0. The highest BCUT2D eigenvalue weighted by atomic mass is 35.5. The van der Waals surface area contributed by atoms with Crippen LogP contribution in [0.4, 0.5) is 0 Å². The molecule has 0 bridgehead atoms. The van der Waals surface area contributed by atoms with Crippen LogP contribution in [0.3, 0.4) is 0 Å². The van der Waals surface area contributed by atoms with E-state index in [-0.39, 0.29) is 11.3 Å². The number of hydrogen-bond acceptors (Lipinski definition) is 3. The number of alkyl halides is 1. The minimum atomic E-state index is -0.957. The Hall–Kier alpha value is -0.420. The van der Waals surface area contributed by atoms with Gasteiger partial charge in [-0.15, -0.1) is 23.4 Å². The summed E-state index contributed by atoms with van der Waals surface area (Å²) in [4.78, 5) is 23.8. The first-order valence-corrected chi connectivity index (χ1v) is 5.55. The first-order valence-electron chi connectivity index (χ1n) is 4.23. The van der Waals surface area contributed by atoms with E-state index in [1.54, 1.807) is 0 Å². The number of amides is 1. The Labute approximate surface area is 90.6 Å². The zero-order chi connectivity index (χ0) is 10.7. The van der Waals surface area contributed by atoms with Crippen LogP contribution in [0.25, 0.3) is 0 Å². The van der Waals surface area contributed by atoms with Crippen molar-refractivity contribution in [2.45, 2.75) is 35.4 Å². The Morgan fingerprint density at radius 3 is 2.71 bits per heavy atom. The maximum Gasteiger partial charge on any atom is 0.327 e. The standard InChI is InChI=1S/C8H10ClNO3S/c1-8(2)4(7(12)13)10-5(11)3(9)6(10)14-8/h3-4,6H,1-2H3,(H,12,13)/t3?,4-,6+/m0/s1. The molecule has 0 aromatic carbocycles. The molecule has 6 heteroatoms. The van der Waals surface area contributed by atoms with Crippen molar-refractivity contribution in [1.82, 2.24) is 4.90 Å². The van der Waals surface area contributed by atoms with E-state index in [0.29, 0.717) is 0 Å². The molecule has 2 fully saturated rings. The van der Waals surface area contributed by atoms with Crippen molar-refractivity contribution < 1.29 is 14.7 Å². The van der Waals surface area contributed by atoms with Crippen molar-refractivity contribution in [3.05, 3.63) is 0 Å². The number of rotatable bonds is 1. The Balaban J connectivity index is 2.32. The summed E-state index contributed by atoms with van der Waals surface area (Å²) in [5.41, 5.74) is 0. The molecular formula is C8H10ClNO3S. The zero-order valence-electron chi connectivity index (χ0n) is 7.73. The van der Waals surface area contributed by atoms with Crippen LogP contribution in [0.5, 0.6) is 0 Å². The smallest absolute Gasteiger partial charge is 0.327 e. The first kappa shape index (κ1) is 10.1. The number of halogens is 1. The molecule has 0 radical (unpaired) electrons. The lowest BCUT2D eigenvalue weighted by molar-refractivity contribution is -0.156. The van der Waals surface area contributed by atoms with Crippen LogP contribution < -0.4 is 0 Å². The molecule has 3 atom stereocenters. The molecule has 4 nitrogen and oxygen atoms in total. The molecule has 2 rings (SSSR count). The molecule has 0 aliphatic carbocycles. The van der Waals surface area contributed by atoms with Gasteiger partial charge < -0.3 is 10.0 Å². The number of thioether (sulfide) groups is 1. The Bertz CT molecular complexity index is 320. The van der Waals surface area contributed by atoms with Gasteiger partial charge in [0.25, 0.3) is 0 Å². The fourth-order valence-electron chi connectivity index (χ4n) is 1.97. The topological polar surface area (TPSA) is 57.6 Å². The lowest BCUT2D eigenvalue weighted by Gasteiger charge is -2.40. The van der Waals surface area contributed by atoms with Crippen LogP contribution in [0, 0.1) is 0 Å². The Kier molecular flexibility index (Phi) is 2.02. The van der Waals surface area contributed by atoms with E-state index < -0.39 is 22.1 Å². The van der Waals surface area contributed by atoms with Crippen LogP contribution in [-0.4, -0.2) is 43.4 Å². The van der Waals surface area contributed by atoms with E-state index in [0.717, 1.165) is 0 Å². The third kappa shape index (κ3) is 1.08. The molecule has 2 heterocycles. The minimum Gasteiger partial charge on any atom is -0.480 e. The van der Waals surface area contributed by atoms with Crippen molar-refractivity contribution in [1.29, 1.82) is 0 Å². The third-order valence-electron chi connectivity index (χ3n) is 2.61. The average molecular weight is 236 g/mol. The third-order valence-corrected chi connectivity index (χ3v) is 4.76. The number of fused-ring (bicyclic) bond motifs is 1. The molecule has 0 aromatic heterocycles. The number of nitrogens with zero attached hydrogens (tertiary/aromatic N) is 1. The Morgan fingerprint density at radius 1 is 1.64 bits per heavy atom. The minimum absolute atomic E-state index is 0.166. The van der Waals surface area contributed by atoms with Gasteiger partial charge in [-0.1, -0.05) is 0 Å². The lowest BCUT2D eigenvalue weighted by Crippen LogP contribution is -2.63. The van der Waals surface area contributed by atoms with Gasteiger partial charge in [0.2, 0.25) is 5.91 Å². The lowest BCUT2D eigenvalue weighted by atomic mass is 9.98. The molecule has 1 N–H and O–H groups in total. The maximum absolute atomic E-state index is 11.4. The number of β-lactam (4-membered cyclic amide) rings is 1. The molecule has 14 heavy (non-hydrogen) atoms. The quantitative estimate of drug-likeness (QED) is 0.538. The highest BCUT2D eigenvalue weighted by Crippen LogP contribution is 2.52. The van der Waals surface area contributed by atoms with Gasteiger partial charge in [-0.05, 0) is 13.8 Å². The van der Waals surface area contributed by atoms with E-state index in [4.69, 9.17) is 16.7 Å². The van der Waals surface area contributed by atoms with Gasteiger partial charge in [0.15, 0.2) is 0 Å². The fourth-order valence-corrected chi connectivity index (χ4v) is 3.90. The number of carbonyl (C=O) groups is 2. The molecule has 78 valence electrons. The normalized spacial score (nSPS) is 39.2. The van der Waals surface area contributed by atoms with Crippen LogP contribution in [0.2, 0.25) is 0 Å². The van der Waals surface area contributed by atoms with Crippen molar-refractivity contribution >= 4 is 35.2 Å². The van der Waals surface area contributed by atoms with Gasteiger partial charge in [-0.3, -0.25) is 4.79 Å². The van der Waals surface area contributed by atoms with Crippen LogP contribution in [-0.2, 0) is 9.59 Å². The highest BCUT2D eigenvalue weighted by Gasteiger charge is 2.63. The van der Waals surface area contributed by atoms with Gasteiger partial charge in [-0.2, -0.15) is 0 Å². The molecule has 1 unspecified atom stereocenters. The predicted octanol–water partition coefficient (Wildman–Crippen LogP) is 0.741. The molecule has 2 aliphatic heterocycles. The number of aliphatic carboxylic acids is 1. The second-order valence-electron chi connectivity index (χ2n) is 4.00. The Morgan fingerprint density at radius 2 is 2.21 bits per heavy atom. The summed E-state index contributed by atoms with van der Waals surface area (Å²) >= 11 is 7.25. The molecule has 2 saturated heterocycles. The van der Waals surface area contributed by atoms with E-state index >= 15 is 0 Å². The predicted molar refractivity (Wildman–Crippen MR) is 53.4 cm³/mol. The van der Waals surface area contributed by atoms with E-state index in [1.807, 2.05) is 13.8 Å². The summed E-state index contributed by atoms with van der Waals surface area (Å²) in [7, 11) is 0. The molecule has 0 aromatic rings. The largest absolute Gasteiger partial charge is 0.480 e. The van der Waals surface area contributed by atoms with Crippen LogP contribution >= 0.6 is 23.4 Å². The van der Waals surface area contributed by atoms with Gasteiger partial charge in [0.1, 0.15) is 16.8 Å². The summed E-state index contributed by atoms with van der Waals surface area (Å²) in [6, 6.07) is -0.750. The SMILES string of the molecule is CC1(C)S[C@@H]2C(Cl)C(=O)N2[C@H]1C(=O)O. The molecule has 2 aliphatic rings. The van der Waals surface area contributed by atoms with Crippen LogP contribution in [0.15, 0.2) is 0 Å². The van der Waals surface area contributed by atoms with E-state index in [1.165, 1.54) is 16.7 Å². The highest BCUT2D eigenvalue weighted by molar-refractivity contribution is 8.01. The van der Waals surface area contributed by atoms with Crippen molar-refractivity contribution in [3.8, 4) is 0 Å². The maximum atomic E-state index is 11.4. The van der Waals surface area contributed by atoms with Crippen molar-refractivity contribution in [3.63, 3.8) is 0 Å². The summed E-state index contributed by atoms with van der Waals surface area (Å²) in [5, 5.41) is 8.31. The van der Waals surface area contributed by atoms with Gasteiger partial charge in [0.05, 0.1) is 0 Å². The molecule has 1 amide bonds. The molecule has 0 spiro atoms. The van der Waals surface area contributed by atoms with Gasteiger partial charge in [0, 0.05) is 4.75 Å². The van der Waals surface area contributed by atoms with Crippen molar-refractivity contribution in [2.75, 3.05) is 0 Å². The van der Waals surface area contributed by atoms with Crippen LogP contribution in [0.1, 0.15) is 13.8 Å². The molecule has 0 saturated carbocycles. The summed E-state index contributed by atoms with van der Waals surface area (Å²) in [5.74, 6) is -1.22. The van der Waals surface area contributed by atoms with Crippen molar-refractivity contribution in [2.24, 2.45) is 0 Å². The second kappa shape index (κ2) is 2.79. The average Bonchev–Trinajstić information content (AvgIpc) is 2.34. The van der Waals surface area contributed by atoms with Gasteiger partial charge >= 0.3 is 5.97 Å². The second-order valence-corrected chi connectivity index (χ2v) is 6.24. The summed E-state index contributed by atoms with van der Waals surface area (Å²) < 4.78 is -0.462. The zero-order valence-corrected chi connectivity index (χ0v) is 9.30. The number of carbonyl (C=O) groups excluding carboxylic acids is 1. The van der Waals surface area contributed by atoms with E-state index in [2.05, 4.69) is 0 Å². The van der Waals surface area contributed by atoms with Gasteiger partial charge in [-0.25, -0.2) is 4.79 Å². The first-order chi connectivity index (χ1) is 6.36. The van der Waals surface area contributed by atoms with E-state index in [9.17, 15) is 9.59 Å². The summed E-state index contributed by atoms with van der Waals surface area (Å²) in [6.45, 7) is 3.65.